The van der Waals surface area contributed by atoms with E-state index >= 15 is 0 Å². The molecule has 4 rings (SSSR count). The van der Waals surface area contributed by atoms with Gasteiger partial charge in [0.25, 0.3) is 5.91 Å². The normalized spacial score (nSPS) is 13.5. The first-order chi connectivity index (χ1) is 16.5. The fourth-order valence-corrected chi connectivity index (χ4v) is 3.72. The quantitative estimate of drug-likeness (QED) is 0.353. The highest BCUT2D eigenvalue weighted by molar-refractivity contribution is 5.84. The number of nitrogens with zero attached hydrogens (tertiary/aromatic N) is 2. The smallest absolute Gasteiger partial charge is 0.257 e. The van der Waals surface area contributed by atoms with Crippen molar-refractivity contribution in [2.45, 2.75) is 45.5 Å². The Bertz CT molecular complexity index is 1360. The number of carbonyl (C=O) groups is 1. The maximum atomic E-state index is 14.4. The molecule has 0 saturated carbocycles. The molecule has 1 heterocycles. The first kappa shape index (κ1) is 24.3. The highest BCUT2D eigenvalue weighted by Crippen LogP contribution is 2.30. The lowest BCUT2D eigenvalue weighted by molar-refractivity contribution is -0.132. The zero-order valence-electron chi connectivity index (χ0n) is 19.9. The van der Waals surface area contributed by atoms with E-state index in [4.69, 9.17) is 4.74 Å². The fraction of sp³-hybridized carbons (Fsp3) is 0.259. The molecule has 0 aliphatic heterocycles. The summed E-state index contributed by atoms with van der Waals surface area (Å²) in [6.07, 6.45) is 0.865. The number of ether oxygens (including phenoxy) is 1. The van der Waals surface area contributed by atoms with Crippen LogP contribution >= 0.6 is 0 Å². The van der Waals surface area contributed by atoms with Crippen LogP contribution in [-0.2, 0) is 4.79 Å². The highest BCUT2D eigenvalue weighted by atomic mass is 19.1. The van der Waals surface area contributed by atoms with Crippen LogP contribution in [0.4, 0.5) is 13.2 Å². The van der Waals surface area contributed by atoms with Crippen molar-refractivity contribution in [3.63, 3.8) is 0 Å². The third-order valence-corrected chi connectivity index (χ3v) is 5.75. The molecule has 2 atom stereocenters. The molecule has 0 aliphatic carbocycles. The predicted molar refractivity (Wildman–Crippen MR) is 128 cm³/mol. The lowest BCUT2D eigenvalue weighted by Crippen LogP contribution is -2.46. The maximum Gasteiger partial charge on any atom is 0.257 e. The lowest BCUT2D eigenvalue weighted by atomic mass is 10.0. The molecular formula is C27H26F3N3O2. The number of benzene rings is 3. The van der Waals surface area contributed by atoms with Gasteiger partial charge in [0.2, 0.25) is 0 Å². The number of halogens is 3. The van der Waals surface area contributed by atoms with Crippen LogP contribution in [0.15, 0.2) is 66.9 Å². The molecule has 1 amide bonds. The van der Waals surface area contributed by atoms with Crippen molar-refractivity contribution < 1.29 is 22.7 Å². The number of aromatic nitrogens is 2. The number of carbonyl (C=O) groups excluding carboxylic acids is 1. The van der Waals surface area contributed by atoms with Crippen LogP contribution in [0.5, 0.6) is 5.75 Å². The zero-order valence-corrected chi connectivity index (χ0v) is 19.9. The molecule has 182 valence electrons. The predicted octanol–water partition coefficient (Wildman–Crippen LogP) is 5.99. The van der Waals surface area contributed by atoms with Crippen LogP contribution in [0.3, 0.4) is 0 Å². The molecule has 0 fully saturated rings. The third-order valence-electron chi connectivity index (χ3n) is 5.75. The van der Waals surface area contributed by atoms with Crippen molar-refractivity contribution in [3.05, 3.63) is 89.6 Å². The van der Waals surface area contributed by atoms with Gasteiger partial charge >= 0.3 is 0 Å². The summed E-state index contributed by atoms with van der Waals surface area (Å²) in [6.45, 7) is 5.67. The van der Waals surface area contributed by atoms with Crippen molar-refractivity contribution in [2.24, 2.45) is 0 Å². The van der Waals surface area contributed by atoms with E-state index in [9.17, 15) is 18.0 Å². The lowest BCUT2D eigenvalue weighted by Gasteiger charge is -2.28. The molecule has 8 heteroatoms. The summed E-state index contributed by atoms with van der Waals surface area (Å²) in [5, 5.41) is 7.78. The number of fused-ring (bicyclic) bond motifs is 1. The Morgan fingerprint density at radius 3 is 2.43 bits per heavy atom. The summed E-state index contributed by atoms with van der Waals surface area (Å²) in [4.78, 5) is 12.3. The van der Waals surface area contributed by atoms with Gasteiger partial charge in [0.15, 0.2) is 5.67 Å². The van der Waals surface area contributed by atoms with Crippen molar-refractivity contribution in [1.29, 1.82) is 0 Å². The van der Waals surface area contributed by atoms with Crippen molar-refractivity contribution in [2.75, 3.05) is 0 Å². The summed E-state index contributed by atoms with van der Waals surface area (Å²) < 4.78 is 49.7. The maximum absolute atomic E-state index is 14.4. The minimum Gasteiger partial charge on any atom is -0.484 e. The van der Waals surface area contributed by atoms with Crippen molar-refractivity contribution in [1.82, 2.24) is 15.1 Å². The summed E-state index contributed by atoms with van der Waals surface area (Å²) in [6, 6.07) is 15.3. The molecule has 5 nitrogen and oxygen atoms in total. The molecule has 3 aromatic carbocycles. The Kier molecular flexibility index (Phi) is 6.56. The van der Waals surface area contributed by atoms with E-state index in [0.29, 0.717) is 22.6 Å². The number of hydrogen-bond acceptors (Lipinski definition) is 3. The topological polar surface area (TPSA) is 56.1 Å². The molecule has 0 radical (unpaired) electrons. The molecule has 4 aromatic rings. The zero-order chi connectivity index (χ0) is 25.3. The van der Waals surface area contributed by atoms with Gasteiger partial charge in [-0.1, -0.05) is 12.1 Å². The summed E-state index contributed by atoms with van der Waals surface area (Å²) in [5.41, 5.74) is 0.379. The minimum absolute atomic E-state index is 0.336. The van der Waals surface area contributed by atoms with Gasteiger partial charge in [-0.15, -0.1) is 0 Å². The van der Waals surface area contributed by atoms with Gasteiger partial charge in [-0.05, 0) is 87.4 Å². The van der Waals surface area contributed by atoms with Gasteiger partial charge in [0, 0.05) is 5.39 Å². The van der Waals surface area contributed by atoms with Crippen LogP contribution in [0, 0.1) is 18.6 Å². The van der Waals surface area contributed by atoms with Crippen molar-refractivity contribution in [3.8, 4) is 11.4 Å². The average Bonchev–Trinajstić information content (AvgIpc) is 3.22. The van der Waals surface area contributed by atoms with Gasteiger partial charge in [0.05, 0.1) is 23.4 Å². The average molecular weight is 482 g/mol. The molecule has 0 bridgehead atoms. The van der Waals surface area contributed by atoms with E-state index in [0.717, 1.165) is 10.9 Å². The summed E-state index contributed by atoms with van der Waals surface area (Å²) in [7, 11) is 0. The second-order valence-corrected chi connectivity index (χ2v) is 9.04. The standard InChI is InChI=1S/C27H26F3N3O2/c1-16-5-6-18(14-23(16)29)25(17(2)32-26(34)27(3,4)30)35-22-11-12-24-19(13-22)15-31-33(24)21-9-7-20(28)8-10-21/h5-15,17,25H,1-4H3,(H,32,34). The molecular weight excluding hydrogens is 455 g/mol. The second-order valence-electron chi connectivity index (χ2n) is 9.04. The Balaban J connectivity index is 1.66. The van der Waals surface area contributed by atoms with Crippen LogP contribution in [0.2, 0.25) is 0 Å². The van der Waals surface area contributed by atoms with E-state index in [2.05, 4.69) is 10.4 Å². The number of hydrogen-bond donors (Lipinski definition) is 1. The number of alkyl halides is 1. The number of aryl methyl sites for hydroxylation is 1. The van der Waals surface area contributed by atoms with Gasteiger partial charge in [0.1, 0.15) is 23.5 Å². The molecule has 2 unspecified atom stereocenters. The fourth-order valence-electron chi connectivity index (χ4n) is 3.72. The van der Waals surface area contributed by atoms with E-state index in [1.807, 2.05) is 6.07 Å². The Morgan fingerprint density at radius 2 is 1.77 bits per heavy atom. The third kappa shape index (κ3) is 5.31. The Morgan fingerprint density at radius 1 is 1.06 bits per heavy atom. The first-order valence-corrected chi connectivity index (χ1v) is 11.2. The number of nitrogens with one attached hydrogen (secondary N) is 1. The molecule has 1 aromatic heterocycles. The SMILES string of the molecule is Cc1ccc(C(Oc2ccc3c(cnn3-c3ccc(F)cc3)c2)C(C)NC(=O)C(C)(C)F)cc1F. The first-order valence-electron chi connectivity index (χ1n) is 11.2. The minimum atomic E-state index is -2.08. The molecule has 0 spiro atoms. The Hall–Kier alpha value is -3.81. The van der Waals surface area contributed by atoms with Crippen LogP contribution in [-0.4, -0.2) is 27.4 Å². The van der Waals surface area contributed by atoms with Crippen LogP contribution in [0.25, 0.3) is 16.6 Å². The second kappa shape index (κ2) is 9.44. The van der Waals surface area contributed by atoms with E-state index in [1.54, 1.807) is 61.1 Å². The number of rotatable bonds is 7. The number of amides is 1. The van der Waals surface area contributed by atoms with E-state index in [1.165, 1.54) is 32.0 Å². The van der Waals surface area contributed by atoms with Gasteiger partial charge < -0.3 is 10.1 Å². The summed E-state index contributed by atoms with van der Waals surface area (Å²) >= 11 is 0. The van der Waals surface area contributed by atoms with Crippen LogP contribution < -0.4 is 10.1 Å². The van der Waals surface area contributed by atoms with Crippen molar-refractivity contribution >= 4 is 16.8 Å². The summed E-state index contributed by atoms with van der Waals surface area (Å²) in [5.74, 6) is -1.07. The molecule has 0 saturated heterocycles. The largest absolute Gasteiger partial charge is 0.484 e. The highest BCUT2D eigenvalue weighted by Gasteiger charge is 2.31. The van der Waals surface area contributed by atoms with E-state index in [-0.39, 0.29) is 5.82 Å². The van der Waals surface area contributed by atoms with E-state index < -0.39 is 29.5 Å². The monoisotopic (exact) mass is 481 g/mol. The molecule has 1 N–H and O–H groups in total. The Labute approximate surface area is 201 Å². The molecule has 35 heavy (non-hydrogen) atoms. The van der Waals surface area contributed by atoms with Crippen LogP contribution in [0.1, 0.15) is 38.0 Å². The van der Waals surface area contributed by atoms with Gasteiger partial charge in [-0.3, -0.25) is 4.79 Å². The molecule has 0 aliphatic rings. The van der Waals surface area contributed by atoms with Gasteiger partial charge in [-0.2, -0.15) is 5.10 Å². The van der Waals surface area contributed by atoms with Gasteiger partial charge in [-0.25, -0.2) is 17.9 Å².